The first kappa shape index (κ1) is 17.5. The van der Waals surface area contributed by atoms with Crippen LogP contribution in [0, 0.1) is 0 Å². The third-order valence-electron chi connectivity index (χ3n) is 4.41. The highest BCUT2D eigenvalue weighted by Gasteiger charge is 2.41. The molecule has 24 heavy (non-hydrogen) atoms. The van der Waals surface area contributed by atoms with Crippen molar-refractivity contribution in [1.82, 2.24) is 9.62 Å². The Hall–Kier alpha value is -1.29. The lowest BCUT2D eigenvalue weighted by Gasteiger charge is -2.44. The highest BCUT2D eigenvalue weighted by molar-refractivity contribution is 7.89. The van der Waals surface area contributed by atoms with Crippen molar-refractivity contribution in [2.45, 2.75) is 29.9 Å². The number of alkyl halides is 2. The van der Waals surface area contributed by atoms with Gasteiger partial charge in [-0.3, -0.25) is 0 Å². The van der Waals surface area contributed by atoms with Crippen LogP contribution in [0.5, 0.6) is 5.75 Å². The zero-order chi connectivity index (χ0) is 17.2. The summed E-state index contributed by atoms with van der Waals surface area (Å²) in [6, 6.07) is 5.05. The second kappa shape index (κ2) is 6.91. The Morgan fingerprint density at radius 3 is 2.50 bits per heavy atom. The van der Waals surface area contributed by atoms with Gasteiger partial charge in [0.1, 0.15) is 5.75 Å². The molecule has 0 bridgehead atoms. The molecule has 2 saturated heterocycles. The van der Waals surface area contributed by atoms with Crippen LogP contribution >= 0.6 is 0 Å². The fraction of sp³-hybridized carbons (Fsp3) is 0.600. The van der Waals surface area contributed by atoms with E-state index in [-0.39, 0.29) is 17.2 Å². The minimum absolute atomic E-state index is 0.0649. The molecule has 1 spiro atoms. The standard InChI is InChI=1S/C15H20F2N2O4S/c16-14(17)23-12-1-3-13(4-2-12)24(20,21)19-9-10-22-15(11-19)5-7-18-8-6-15/h1-4,14,18H,5-11H2. The van der Waals surface area contributed by atoms with Gasteiger partial charge in [0.2, 0.25) is 10.0 Å². The van der Waals surface area contributed by atoms with E-state index in [2.05, 4.69) is 10.1 Å². The molecule has 0 saturated carbocycles. The molecule has 2 aliphatic rings. The maximum atomic E-state index is 12.8. The van der Waals surface area contributed by atoms with Crippen molar-refractivity contribution in [3.8, 4) is 5.75 Å². The molecule has 6 nitrogen and oxygen atoms in total. The summed E-state index contributed by atoms with van der Waals surface area (Å²) < 4.78 is 61.5. The molecule has 0 aliphatic carbocycles. The summed E-state index contributed by atoms with van der Waals surface area (Å²) in [5, 5.41) is 3.24. The Morgan fingerprint density at radius 1 is 1.21 bits per heavy atom. The van der Waals surface area contributed by atoms with Crippen LogP contribution in [-0.4, -0.2) is 57.7 Å². The SMILES string of the molecule is O=S(=O)(c1ccc(OC(F)F)cc1)N1CCOC2(CCNCC2)C1. The minimum Gasteiger partial charge on any atom is -0.435 e. The van der Waals surface area contributed by atoms with Gasteiger partial charge in [0.25, 0.3) is 0 Å². The second-order valence-corrected chi connectivity index (χ2v) is 7.91. The van der Waals surface area contributed by atoms with E-state index in [4.69, 9.17) is 4.74 Å². The molecule has 0 aromatic heterocycles. The maximum absolute atomic E-state index is 12.8. The summed E-state index contributed by atoms with van der Waals surface area (Å²) in [7, 11) is -3.69. The first-order valence-electron chi connectivity index (χ1n) is 7.81. The smallest absolute Gasteiger partial charge is 0.387 e. The molecule has 3 rings (SSSR count). The number of ether oxygens (including phenoxy) is 2. The van der Waals surface area contributed by atoms with Crippen LogP contribution in [-0.2, 0) is 14.8 Å². The Balaban J connectivity index is 1.76. The van der Waals surface area contributed by atoms with Gasteiger partial charge in [0, 0.05) is 13.1 Å². The third kappa shape index (κ3) is 3.69. The molecule has 0 atom stereocenters. The van der Waals surface area contributed by atoms with E-state index in [0.717, 1.165) is 25.9 Å². The largest absolute Gasteiger partial charge is 0.435 e. The molecule has 2 fully saturated rings. The number of morpholine rings is 1. The van der Waals surface area contributed by atoms with Gasteiger partial charge in [-0.05, 0) is 50.2 Å². The molecule has 0 radical (unpaired) electrons. The number of sulfonamides is 1. The predicted molar refractivity (Wildman–Crippen MR) is 82.6 cm³/mol. The van der Waals surface area contributed by atoms with E-state index in [1.54, 1.807) is 0 Å². The average Bonchev–Trinajstić information content (AvgIpc) is 2.55. The minimum atomic E-state index is -3.69. The van der Waals surface area contributed by atoms with E-state index in [9.17, 15) is 17.2 Å². The summed E-state index contributed by atoms with van der Waals surface area (Å²) in [5.41, 5.74) is -0.435. The highest BCUT2D eigenvalue weighted by atomic mass is 32.2. The molecule has 1 aromatic carbocycles. The van der Waals surface area contributed by atoms with Crippen molar-refractivity contribution in [1.29, 1.82) is 0 Å². The molecule has 1 N–H and O–H groups in total. The quantitative estimate of drug-likeness (QED) is 0.878. The summed E-state index contributed by atoms with van der Waals surface area (Å²) in [6.07, 6.45) is 1.53. The topological polar surface area (TPSA) is 67.9 Å². The van der Waals surface area contributed by atoms with Crippen molar-refractivity contribution in [3.63, 3.8) is 0 Å². The van der Waals surface area contributed by atoms with Crippen LogP contribution in [0.15, 0.2) is 29.2 Å². The number of halogens is 2. The van der Waals surface area contributed by atoms with E-state index in [1.165, 1.54) is 28.6 Å². The van der Waals surface area contributed by atoms with Crippen LogP contribution in [0.3, 0.4) is 0 Å². The lowest BCUT2D eigenvalue weighted by Crippen LogP contribution is -2.57. The maximum Gasteiger partial charge on any atom is 0.387 e. The van der Waals surface area contributed by atoms with E-state index < -0.39 is 22.2 Å². The molecule has 9 heteroatoms. The number of piperidine rings is 1. The first-order valence-corrected chi connectivity index (χ1v) is 9.25. The van der Waals surface area contributed by atoms with Gasteiger partial charge in [0.15, 0.2) is 0 Å². The average molecular weight is 362 g/mol. The molecule has 0 amide bonds. The van der Waals surface area contributed by atoms with Gasteiger partial charge >= 0.3 is 6.61 Å². The summed E-state index contributed by atoms with van der Waals surface area (Å²) in [5.74, 6) is -0.0687. The Labute approximate surface area is 139 Å². The fourth-order valence-corrected chi connectivity index (χ4v) is 4.64. The predicted octanol–water partition coefficient (Wildman–Crippen LogP) is 1.43. The third-order valence-corrected chi connectivity index (χ3v) is 6.27. The van der Waals surface area contributed by atoms with Crippen LogP contribution < -0.4 is 10.1 Å². The van der Waals surface area contributed by atoms with Gasteiger partial charge in [0.05, 0.1) is 17.1 Å². The van der Waals surface area contributed by atoms with Crippen LogP contribution in [0.25, 0.3) is 0 Å². The van der Waals surface area contributed by atoms with Crippen LogP contribution in [0.4, 0.5) is 8.78 Å². The van der Waals surface area contributed by atoms with Crippen molar-refractivity contribution < 1.29 is 26.7 Å². The molecule has 1 aromatic rings. The summed E-state index contributed by atoms with van der Waals surface area (Å²) >= 11 is 0. The van der Waals surface area contributed by atoms with Crippen LogP contribution in [0.1, 0.15) is 12.8 Å². The zero-order valence-corrected chi connectivity index (χ0v) is 13.9. The number of nitrogens with zero attached hydrogens (tertiary/aromatic N) is 1. The number of hydrogen-bond acceptors (Lipinski definition) is 5. The highest BCUT2D eigenvalue weighted by Crippen LogP contribution is 2.31. The fourth-order valence-electron chi connectivity index (χ4n) is 3.14. The monoisotopic (exact) mass is 362 g/mol. The van der Waals surface area contributed by atoms with Crippen molar-refractivity contribution in [2.24, 2.45) is 0 Å². The number of hydrogen-bond donors (Lipinski definition) is 1. The molecule has 2 heterocycles. The Kier molecular flexibility index (Phi) is 5.05. The van der Waals surface area contributed by atoms with Gasteiger partial charge in [-0.2, -0.15) is 13.1 Å². The van der Waals surface area contributed by atoms with Gasteiger partial charge in [-0.25, -0.2) is 8.42 Å². The Bertz CT molecular complexity index is 655. The zero-order valence-electron chi connectivity index (χ0n) is 13.1. The number of benzene rings is 1. The van der Waals surface area contributed by atoms with Crippen molar-refractivity contribution in [3.05, 3.63) is 24.3 Å². The molecular formula is C15H20F2N2O4S. The Morgan fingerprint density at radius 2 is 1.88 bits per heavy atom. The number of nitrogens with one attached hydrogen (secondary N) is 1. The number of rotatable bonds is 4. The molecular weight excluding hydrogens is 342 g/mol. The van der Waals surface area contributed by atoms with Gasteiger partial charge in [-0.1, -0.05) is 0 Å². The van der Waals surface area contributed by atoms with Gasteiger partial charge < -0.3 is 14.8 Å². The van der Waals surface area contributed by atoms with E-state index >= 15 is 0 Å². The van der Waals surface area contributed by atoms with Gasteiger partial charge in [-0.15, -0.1) is 0 Å². The van der Waals surface area contributed by atoms with E-state index in [0.29, 0.717) is 13.2 Å². The molecule has 2 aliphatic heterocycles. The second-order valence-electron chi connectivity index (χ2n) is 5.97. The van der Waals surface area contributed by atoms with Crippen molar-refractivity contribution >= 4 is 10.0 Å². The molecule has 0 unspecified atom stereocenters. The molecule has 134 valence electrons. The van der Waals surface area contributed by atoms with Crippen LogP contribution in [0.2, 0.25) is 0 Å². The normalized spacial score (nSPS) is 22.0. The lowest BCUT2D eigenvalue weighted by molar-refractivity contribution is -0.105. The summed E-state index contributed by atoms with van der Waals surface area (Å²) in [6.45, 7) is -0.391. The first-order chi connectivity index (χ1) is 11.4. The van der Waals surface area contributed by atoms with Crippen molar-refractivity contribution in [2.75, 3.05) is 32.8 Å². The lowest BCUT2D eigenvalue weighted by atomic mass is 9.91. The summed E-state index contributed by atoms with van der Waals surface area (Å²) in [4.78, 5) is 0.0649. The van der Waals surface area contributed by atoms with E-state index in [1.807, 2.05) is 0 Å².